The lowest BCUT2D eigenvalue weighted by Crippen LogP contribution is -2.18. The molecule has 12 rings (SSSR count). The van der Waals surface area contributed by atoms with E-state index in [2.05, 4.69) is 241 Å². The molecule has 0 aliphatic heterocycles. The van der Waals surface area contributed by atoms with Crippen molar-refractivity contribution >= 4 is 65.6 Å². The van der Waals surface area contributed by atoms with Gasteiger partial charge in [0.2, 0.25) is 0 Å². The van der Waals surface area contributed by atoms with Gasteiger partial charge in [-0.25, -0.2) is 0 Å². The zero-order valence-electron chi connectivity index (χ0n) is 34.6. The molecule has 0 unspecified atom stereocenters. The average molecular weight is 804 g/mol. The minimum atomic E-state index is 0.624. The molecular weight excluding hydrogens is 763 g/mol. The maximum absolute atomic E-state index is 6.91. The minimum Gasteiger partial charge on any atom is -0.455 e. The van der Waals surface area contributed by atoms with Crippen LogP contribution in [0.5, 0.6) is 0 Å². The second kappa shape index (κ2) is 15.4. The molecule has 0 radical (unpaired) electrons. The minimum absolute atomic E-state index is 0.624. The van der Waals surface area contributed by atoms with E-state index in [1.165, 1.54) is 65.9 Å². The van der Waals surface area contributed by atoms with Gasteiger partial charge in [-0.1, -0.05) is 200 Å². The van der Waals surface area contributed by atoms with Crippen LogP contribution < -0.4 is 4.90 Å². The van der Waals surface area contributed by atoms with Crippen molar-refractivity contribution in [3.8, 4) is 44.5 Å². The van der Waals surface area contributed by atoms with E-state index in [0.717, 1.165) is 49.8 Å². The van der Waals surface area contributed by atoms with Crippen molar-refractivity contribution < 1.29 is 4.42 Å². The molecule has 0 spiro atoms. The van der Waals surface area contributed by atoms with E-state index >= 15 is 0 Å². The van der Waals surface area contributed by atoms with Crippen LogP contribution in [0, 0.1) is 0 Å². The highest BCUT2D eigenvalue weighted by atomic mass is 16.3. The number of fused-ring (bicyclic) bond motifs is 8. The quantitative estimate of drug-likeness (QED) is 0.142. The van der Waals surface area contributed by atoms with Gasteiger partial charge >= 0.3 is 0 Å². The van der Waals surface area contributed by atoms with Gasteiger partial charge in [-0.15, -0.1) is 0 Å². The van der Waals surface area contributed by atoms with Crippen LogP contribution in [-0.2, 0) is 6.54 Å². The summed E-state index contributed by atoms with van der Waals surface area (Å²) in [5, 5.41) is 9.61. The van der Waals surface area contributed by atoms with Gasteiger partial charge in [0, 0.05) is 45.2 Å². The molecule has 0 saturated carbocycles. The SMILES string of the molecule is c1ccc(-c2ccc(N(Cc3ccccc3-c3cccc4c3oc3c5ccccc5ccc43)c3ccc(-c4cc5ccccc5c5ccccc45)cc3)c(-c3ccccc3)c2)cc1. The highest BCUT2D eigenvalue weighted by Crippen LogP contribution is 2.44. The Morgan fingerprint density at radius 3 is 1.70 bits per heavy atom. The normalized spacial score (nSPS) is 11.6. The average Bonchev–Trinajstić information content (AvgIpc) is 3.76. The van der Waals surface area contributed by atoms with E-state index in [-0.39, 0.29) is 0 Å². The van der Waals surface area contributed by atoms with Gasteiger partial charge in [-0.2, -0.15) is 0 Å². The molecule has 0 N–H and O–H groups in total. The number of hydrogen-bond donors (Lipinski definition) is 0. The fourth-order valence-corrected chi connectivity index (χ4v) is 9.69. The van der Waals surface area contributed by atoms with E-state index in [1.807, 2.05) is 0 Å². The van der Waals surface area contributed by atoms with Crippen molar-refractivity contribution in [1.82, 2.24) is 0 Å². The molecule has 11 aromatic carbocycles. The van der Waals surface area contributed by atoms with Gasteiger partial charge in [-0.05, 0) is 102 Å². The summed E-state index contributed by atoms with van der Waals surface area (Å²) in [7, 11) is 0. The van der Waals surface area contributed by atoms with Gasteiger partial charge in [0.25, 0.3) is 0 Å². The second-order valence-electron chi connectivity index (χ2n) is 16.4. The lowest BCUT2D eigenvalue weighted by molar-refractivity contribution is 0.673. The second-order valence-corrected chi connectivity index (χ2v) is 16.4. The molecule has 296 valence electrons. The van der Waals surface area contributed by atoms with E-state index in [4.69, 9.17) is 4.42 Å². The van der Waals surface area contributed by atoms with Crippen LogP contribution in [0.2, 0.25) is 0 Å². The summed E-state index contributed by atoms with van der Waals surface area (Å²) in [6, 6.07) is 85.7. The third-order valence-corrected chi connectivity index (χ3v) is 12.8. The van der Waals surface area contributed by atoms with Crippen LogP contribution in [-0.4, -0.2) is 0 Å². The molecule has 0 atom stereocenters. The van der Waals surface area contributed by atoms with Crippen LogP contribution in [0.3, 0.4) is 0 Å². The first-order chi connectivity index (χ1) is 31.2. The molecule has 0 amide bonds. The molecule has 12 aromatic rings. The van der Waals surface area contributed by atoms with E-state index < -0.39 is 0 Å². The van der Waals surface area contributed by atoms with Gasteiger partial charge in [0.1, 0.15) is 11.2 Å². The van der Waals surface area contributed by atoms with Crippen LogP contribution in [0.4, 0.5) is 11.4 Å². The van der Waals surface area contributed by atoms with Gasteiger partial charge in [0.05, 0.1) is 0 Å². The molecule has 1 heterocycles. The molecular formula is C61H41NO. The number of furan rings is 1. The van der Waals surface area contributed by atoms with Crippen molar-refractivity contribution in [2.24, 2.45) is 0 Å². The maximum Gasteiger partial charge on any atom is 0.143 e. The third-order valence-electron chi connectivity index (χ3n) is 12.8. The number of benzene rings is 11. The maximum atomic E-state index is 6.91. The topological polar surface area (TPSA) is 16.4 Å². The van der Waals surface area contributed by atoms with Crippen molar-refractivity contribution in [3.05, 3.63) is 242 Å². The monoisotopic (exact) mass is 803 g/mol. The zero-order valence-corrected chi connectivity index (χ0v) is 34.6. The summed E-state index contributed by atoms with van der Waals surface area (Å²) in [4.78, 5) is 2.49. The Balaban J connectivity index is 1.04. The van der Waals surface area contributed by atoms with Crippen LogP contribution in [0.25, 0.3) is 98.8 Å². The van der Waals surface area contributed by atoms with Crippen LogP contribution in [0.15, 0.2) is 241 Å². The Morgan fingerprint density at radius 1 is 0.302 bits per heavy atom. The standard InChI is InChI=1S/C61H41NO/c1-3-16-41(17-4-1)45-33-37-59(58(38-45)42-18-5-2-6-19-42)62(48-34-30-44(31-35-48)57-39-46-21-8-10-23-49(46)52-26-13-14-27-53(52)57)40-47-22-9-11-24-50(47)54-28-15-29-55-56-36-32-43-20-7-12-25-51(43)60(56)63-61(54)55/h1-39H,40H2. The summed E-state index contributed by atoms with van der Waals surface area (Å²) in [5.41, 5.74) is 14.7. The van der Waals surface area contributed by atoms with Crippen molar-refractivity contribution in [1.29, 1.82) is 0 Å². The summed E-state index contributed by atoms with van der Waals surface area (Å²) in [6.07, 6.45) is 0. The summed E-state index contributed by atoms with van der Waals surface area (Å²) < 4.78 is 6.91. The highest BCUT2D eigenvalue weighted by Gasteiger charge is 2.21. The molecule has 0 saturated heterocycles. The number of anilines is 2. The summed E-state index contributed by atoms with van der Waals surface area (Å²) in [6.45, 7) is 0.624. The van der Waals surface area contributed by atoms with Gasteiger partial charge < -0.3 is 9.32 Å². The third kappa shape index (κ3) is 6.43. The first-order valence-electron chi connectivity index (χ1n) is 21.7. The lowest BCUT2D eigenvalue weighted by Gasteiger charge is -2.29. The Labute approximate surface area is 366 Å². The number of para-hydroxylation sites is 1. The highest BCUT2D eigenvalue weighted by molar-refractivity contribution is 6.17. The van der Waals surface area contributed by atoms with Crippen LogP contribution in [0.1, 0.15) is 5.56 Å². The van der Waals surface area contributed by atoms with Crippen molar-refractivity contribution in [2.75, 3.05) is 4.90 Å². The Hall–Kier alpha value is -8.20. The molecule has 0 aliphatic rings. The Morgan fingerprint density at radius 2 is 0.889 bits per heavy atom. The molecule has 0 bridgehead atoms. The molecule has 0 fully saturated rings. The predicted octanol–water partition coefficient (Wildman–Crippen LogP) is 17.1. The fourth-order valence-electron chi connectivity index (χ4n) is 9.69. The Bertz CT molecular complexity index is 3640. The fraction of sp³-hybridized carbons (Fsp3) is 0.0164. The van der Waals surface area contributed by atoms with E-state index in [0.29, 0.717) is 6.54 Å². The molecule has 0 aliphatic carbocycles. The first-order valence-corrected chi connectivity index (χ1v) is 21.7. The lowest BCUT2D eigenvalue weighted by atomic mass is 9.93. The largest absolute Gasteiger partial charge is 0.455 e. The van der Waals surface area contributed by atoms with Gasteiger partial charge in [0.15, 0.2) is 0 Å². The van der Waals surface area contributed by atoms with E-state index in [1.54, 1.807) is 0 Å². The number of rotatable bonds is 8. The van der Waals surface area contributed by atoms with Gasteiger partial charge in [-0.3, -0.25) is 0 Å². The molecule has 63 heavy (non-hydrogen) atoms. The Kier molecular flexibility index (Phi) is 8.93. The van der Waals surface area contributed by atoms with E-state index in [9.17, 15) is 0 Å². The summed E-state index contributed by atoms with van der Waals surface area (Å²) in [5.74, 6) is 0. The predicted molar refractivity (Wildman–Crippen MR) is 267 cm³/mol. The van der Waals surface area contributed by atoms with Crippen molar-refractivity contribution in [2.45, 2.75) is 6.54 Å². The smallest absolute Gasteiger partial charge is 0.143 e. The molecule has 1 aromatic heterocycles. The molecule has 2 nitrogen and oxygen atoms in total. The first kappa shape index (κ1) is 36.6. The number of hydrogen-bond acceptors (Lipinski definition) is 2. The van der Waals surface area contributed by atoms with Crippen LogP contribution >= 0.6 is 0 Å². The zero-order chi connectivity index (χ0) is 41.7. The van der Waals surface area contributed by atoms with Crippen molar-refractivity contribution in [3.63, 3.8) is 0 Å². The molecule has 2 heteroatoms. The number of nitrogens with zero attached hydrogens (tertiary/aromatic N) is 1. The summed E-state index contributed by atoms with van der Waals surface area (Å²) >= 11 is 0.